The molecule has 3 amide bonds. The quantitative estimate of drug-likeness (QED) is 0.758. The van der Waals surface area contributed by atoms with Crippen LogP contribution in [-0.4, -0.2) is 28.1 Å². The molecule has 0 radical (unpaired) electrons. The highest BCUT2D eigenvalue weighted by Gasteiger charge is 2.26. The summed E-state index contributed by atoms with van der Waals surface area (Å²) >= 11 is 0. The van der Waals surface area contributed by atoms with E-state index in [-0.39, 0.29) is 12.3 Å². The van der Waals surface area contributed by atoms with Crippen LogP contribution in [0.3, 0.4) is 0 Å². The molecule has 7 heteroatoms. The van der Waals surface area contributed by atoms with Crippen LogP contribution in [0.1, 0.15) is 6.42 Å². The number of fused-ring (bicyclic) bond motifs is 1. The molecule has 7 nitrogen and oxygen atoms in total. The first-order valence-corrected chi connectivity index (χ1v) is 5.49. The van der Waals surface area contributed by atoms with Crippen molar-refractivity contribution in [2.45, 2.75) is 6.42 Å². The summed E-state index contributed by atoms with van der Waals surface area (Å²) in [6, 6.07) is 3.06. The number of nitrogen functional groups attached to an aromatic ring is 1. The van der Waals surface area contributed by atoms with Gasteiger partial charge in [-0.1, -0.05) is 0 Å². The molecule has 2 aromatic rings. The highest BCUT2D eigenvalue weighted by Crippen LogP contribution is 2.25. The molecular formula is C11H11N5O2. The number of hydrogen-bond acceptors (Lipinski definition) is 4. The van der Waals surface area contributed by atoms with E-state index in [1.807, 2.05) is 0 Å². The Hall–Kier alpha value is -2.57. The maximum atomic E-state index is 11.8. The highest BCUT2D eigenvalue weighted by molar-refractivity contribution is 6.07. The van der Waals surface area contributed by atoms with Crippen molar-refractivity contribution in [2.24, 2.45) is 0 Å². The van der Waals surface area contributed by atoms with E-state index < -0.39 is 6.03 Å². The van der Waals surface area contributed by atoms with Crippen LogP contribution in [0.4, 0.5) is 16.2 Å². The van der Waals surface area contributed by atoms with Crippen molar-refractivity contribution in [2.75, 3.05) is 17.2 Å². The van der Waals surface area contributed by atoms with Crippen LogP contribution < -0.4 is 16.0 Å². The van der Waals surface area contributed by atoms with Crippen molar-refractivity contribution < 1.29 is 9.59 Å². The molecule has 1 aliphatic heterocycles. The molecule has 1 aliphatic rings. The van der Waals surface area contributed by atoms with E-state index in [4.69, 9.17) is 5.73 Å². The van der Waals surface area contributed by atoms with Crippen molar-refractivity contribution in [3.63, 3.8) is 0 Å². The Labute approximate surface area is 102 Å². The summed E-state index contributed by atoms with van der Waals surface area (Å²) in [6.07, 6.45) is 3.58. The van der Waals surface area contributed by atoms with E-state index in [9.17, 15) is 9.59 Å². The minimum Gasteiger partial charge on any atom is -0.397 e. The summed E-state index contributed by atoms with van der Waals surface area (Å²) in [7, 11) is 0. The molecule has 0 spiro atoms. The zero-order valence-corrected chi connectivity index (χ0v) is 9.46. The molecule has 0 atom stereocenters. The Morgan fingerprint density at radius 3 is 3.00 bits per heavy atom. The van der Waals surface area contributed by atoms with Gasteiger partial charge in [-0.05, 0) is 12.1 Å². The Morgan fingerprint density at radius 1 is 1.39 bits per heavy atom. The first kappa shape index (κ1) is 10.6. The number of pyridine rings is 1. The minimum absolute atomic E-state index is 0.260. The van der Waals surface area contributed by atoms with Gasteiger partial charge in [0.05, 0.1) is 29.3 Å². The molecule has 92 valence electrons. The number of carbonyl (C=O) groups is 2. The van der Waals surface area contributed by atoms with E-state index in [2.05, 4.69) is 10.4 Å². The number of nitrogens with zero attached hydrogens (tertiary/aromatic N) is 3. The second-order valence-corrected chi connectivity index (χ2v) is 4.07. The van der Waals surface area contributed by atoms with Crippen molar-refractivity contribution >= 4 is 28.8 Å². The van der Waals surface area contributed by atoms with Gasteiger partial charge in [0.2, 0.25) is 5.91 Å². The fourth-order valence-corrected chi connectivity index (χ4v) is 2.04. The van der Waals surface area contributed by atoms with E-state index in [0.29, 0.717) is 17.9 Å². The van der Waals surface area contributed by atoms with E-state index in [0.717, 1.165) is 5.52 Å². The van der Waals surface area contributed by atoms with Crippen LogP contribution in [0.25, 0.3) is 5.52 Å². The van der Waals surface area contributed by atoms with Gasteiger partial charge in [0, 0.05) is 13.0 Å². The SMILES string of the molecule is Nc1cc(N2CCC(=O)NC2=O)c2ccnn2c1. The summed E-state index contributed by atoms with van der Waals surface area (Å²) in [5.74, 6) is -0.260. The minimum atomic E-state index is -0.431. The third-order valence-corrected chi connectivity index (χ3v) is 2.85. The lowest BCUT2D eigenvalue weighted by atomic mass is 10.2. The van der Waals surface area contributed by atoms with Crippen LogP contribution >= 0.6 is 0 Å². The van der Waals surface area contributed by atoms with Gasteiger partial charge in [-0.25, -0.2) is 9.31 Å². The number of hydrogen-bond donors (Lipinski definition) is 2. The second kappa shape index (κ2) is 3.73. The number of nitrogens with two attached hydrogens (primary N) is 1. The molecule has 0 saturated carbocycles. The van der Waals surface area contributed by atoms with Crippen LogP contribution in [0.15, 0.2) is 24.5 Å². The van der Waals surface area contributed by atoms with Crippen LogP contribution in [0.5, 0.6) is 0 Å². The van der Waals surface area contributed by atoms with E-state index in [1.54, 1.807) is 29.0 Å². The molecule has 3 rings (SSSR count). The normalized spacial score (nSPS) is 16.1. The summed E-state index contributed by atoms with van der Waals surface area (Å²) in [6.45, 7) is 0.342. The molecule has 1 saturated heterocycles. The molecule has 1 fully saturated rings. The van der Waals surface area contributed by atoms with Gasteiger partial charge in [0.25, 0.3) is 0 Å². The largest absolute Gasteiger partial charge is 0.397 e. The summed E-state index contributed by atoms with van der Waals surface area (Å²) < 4.78 is 1.61. The molecule has 0 unspecified atom stereocenters. The average Bonchev–Trinajstić information content (AvgIpc) is 2.76. The topological polar surface area (TPSA) is 92.7 Å². The summed E-state index contributed by atoms with van der Waals surface area (Å²) in [5.41, 5.74) is 7.71. The predicted molar refractivity (Wildman–Crippen MR) is 65.1 cm³/mol. The highest BCUT2D eigenvalue weighted by atomic mass is 16.2. The van der Waals surface area contributed by atoms with Crippen LogP contribution in [-0.2, 0) is 4.79 Å². The third kappa shape index (κ3) is 1.56. The number of rotatable bonds is 1. The number of amides is 3. The lowest BCUT2D eigenvalue weighted by Gasteiger charge is -2.27. The Balaban J connectivity index is 2.11. The molecule has 3 N–H and O–H groups in total. The molecule has 3 heterocycles. The van der Waals surface area contributed by atoms with Crippen LogP contribution in [0.2, 0.25) is 0 Å². The lowest BCUT2D eigenvalue weighted by Crippen LogP contribution is -2.49. The maximum absolute atomic E-state index is 11.8. The number of carbonyl (C=O) groups excluding carboxylic acids is 2. The molecule has 2 aromatic heterocycles. The smallest absolute Gasteiger partial charge is 0.328 e. The lowest BCUT2D eigenvalue weighted by molar-refractivity contribution is -0.120. The first-order valence-electron chi connectivity index (χ1n) is 5.49. The maximum Gasteiger partial charge on any atom is 0.328 e. The molecule has 0 aliphatic carbocycles. The van der Waals surface area contributed by atoms with Crippen molar-refractivity contribution in [3.05, 3.63) is 24.5 Å². The third-order valence-electron chi connectivity index (χ3n) is 2.85. The van der Waals surface area contributed by atoms with Crippen LogP contribution in [0, 0.1) is 0 Å². The van der Waals surface area contributed by atoms with E-state index in [1.165, 1.54) is 4.90 Å². The van der Waals surface area contributed by atoms with Crippen molar-refractivity contribution in [3.8, 4) is 0 Å². The fourth-order valence-electron chi connectivity index (χ4n) is 2.04. The van der Waals surface area contributed by atoms with Gasteiger partial charge >= 0.3 is 6.03 Å². The van der Waals surface area contributed by atoms with E-state index >= 15 is 0 Å². The first-order chi connectivity index (χ1) is 8.65. The van der Waals surface area contributed by atoms with Gasteiger partial charge in [-0.2, -0.15) is 5.10 Å². The Bertz CT molecular complexity index is 648. The van der Waals surface area contributed by atoms with Gasteiger partial charge in [-0.3, -0.25) is 15.0 Å². The van der Waals surface area contributed by atoms with Gasteiger partial charge in [-0.15, -0.1) is 0 Å². The standard InChI is InChI=1S/C11H11N5O2/c12-7-5-9(8-1-3-13-16(8)6-7)15-4-2-10(17)14-11(15)18/h1,3,5-6H,2,4,12H2,(H,14,17,18). The average molecular weight is 245 g/mol. The zero-order valence-electron chi connectivity index (χ0n) is 9.46. The number of anilines is 2. The molecule has 0 bridgehead atoms. The molecular weight excluding hydrogens is 234 g/mol. The van der Waals surface area contributed by atoms with Gasteiger partial charge in [0.1, 0.15) is 0 Å². The fraction of sp³-hybridized carbons (Fsp3) is 0.182. The monoisotopic (exact) mass is 245 g/mol. The number of urea groups is 1. The van der Waals surface area contributed by atoms with Gasteiger partial charge in [0.15, 0.2) is 0 Å². The van der Waals surface area contributed by atoms with Crippen molar-refractivity contribution in [1.82, 2.24) is 14.9 Å². The number of aromatic nitrogens is 2. The summed E-state index contributed by atoms with van der Waals surface area (Å²) in [4.78, 5) is 24.4. The predicted octanol–water partition coefficient (Wildman–Crippen LogP) is 0.363. The van der Waals surface area contributed by atoms with Crippen molar-refractivity contribution in [1.29, 1.82) is 0 Å². The Kier molecular flexibility index (Phi) is 2.19. The van der Waals surface area contributed by atoms with Gasteiger partial charge < -0.3 is 5.73 Å². The Morgan fingerprint density at radius 2 is 2.22 bits per heavy atom. The zero-order chi connectivity index (χ0) is 12.7. The second-order valence-electron chi connectivity index (χ2n) is 4.07. The molecule has 0 aromatic carbocycles. The molecule has 18 heavy (non-hydrogen) atoms. The summed E-state index contributed by atoms with van der Waals surface area (Å²) in [5, 5.41) is 6.37. The number of imide groups is 1. The number of nitrogens with one attached hydrogen (secondary N) is 1.